The maximum Gasteiger partial charge on any atom is 0.169 e. The molecule has 2 nitrogen and oxygen atoms in total. The number of carbonyl (C=O) groups is 1. The van der Waals surface area contributed by atoms with E-state index in [0.29, 0.717) is 6.42 Å². The quantitative estimate of drug-likeness (QED) is 0.740. The van der Waals surface area contributed by atoms with Crippen molar-refractivity contribution >= 4 is 17.1 Å². The molecule has 0 saturated carbocycles. The highest BCUT2D eigenvalue weighted by Crippen LogP contribution is 2.10. The first kappa shape index (κ1) is 10.1. The Morgan fingerprint density at radius 1 is 1.33 bits per heavy atom. The second-order valence-corrected chi connectivity index (χ2v) is 4.37. The first-order valence-corrected chi connectivity index (χ1v) is 5.62. The van der Waals surface area contributed by atoms with Crippen molar-refractivity contribution in [3.05, 3.63) is 52.0 Å². The number of hydrogen-bond donors (Lipinski definition) is 0. The molecule has 1 heterocycles. The summed E-state index contributed by atoms with van der Waals surface area (Å²) < 4.78 is 0. The topological polar surface area (TPSA) is 30.0 Å². The summed E-state index contributed by atoms with van der Waals surface area (Å²) in [6.45, 7) is 2.01. The summed E-state index contributed by atoms with van der Waals surface area (Å²) in [5.74, 6) is 0.130. The minimum absolute atomic E-state index is 0.130. The van der Waals surface area contributed by atoms with Crippen LogP contribution in [-0.4, -0.2) is 10.8 Å². The smallest absolute Gasteiger partial charge is 0.169 e. The predicted octanol–water partition coefficient (Wildman–Crippen LogP) is 2.88. The number of aryl methyl sites for hydroxylation is 1. The zero-order valence-electron chi connectivity index (χ0n) is 8.43. The molecule has 0 spiro atoms. The third kappa shape index (κ3) is 2.50. The number of aromatic nitrogens is 1. The molecule has 0 amide bonds. The summed E-state index contributed by atoms with van der Waals surface area (Å²) in [4.78, 5) is 15.9. The SMILES string of the molecule is Cc1ccc(C(=O)Cc2nccs2)cc1. The lowest BCUT2D eigenvalue weighted by Gasteiger charge is -1.99. The molecule has 0 fully saturated rings. The molecule has 0 unspecified atom stereocenters. The molecule has 76 valence electrons. The second-order valence-electron chi connectivity index (χ2n) is 3.39. The molecule has 0 N–H and O–H groups in total. The van der Waals surface area contributed by atoms with Crippen molar-refractivity contribution in [3.63, 3.8) is 0 Å². The Morgan fingerprint density at radius 2 is 2.07 bits per heavy atom. The van der Waals surface area contributed by atoms with Crippen LogP contribution in [0.15, 0.2) is 35.8 Å². The van der Waals surface area contributed by atoms with E-state index in [1.807, 2.05) is 36.6 Å². The summed E-state index contributed by atoms with van der Waals surface area (Å²) in [6, 6.07) is 7.64. The van der Waals surface area contributed by atoms with Crippen molar-refractivity contribution in [2.45, 2.75) is 13.3 Å². The van der Waals surface area contributed by atoms with Gasteiger partial charge in [0.15, 0.2) is 5.78 Å². The Balaban J connectivity index is 2.11. The number of nitrogens with zero attached hydrogens (tertiary/aromatic N) is 1. The van der Waals surface area contributed by atoms with Crippen molar-refractivity contribution in [1.82, 2.24) is 4.98 Å². The van der Waals surface area contributed by atoms with Crippen LogP contribution in [0, 0.1) is 6.92 Å². The van der Waals surface area contributed by atoms with E-state index in [-0.39, 0.29) is 5.78 Å². The lowest BCUT2D eigenvalue weighted by Crippen LogP contribution is -2.02. The van der Waals surface area contributed by atoms with Gasteiger partial charge in [0, 0.05) is 17.1 Å². The number of carbonyl (C=O) groups excluding carboxylic acids is 1. The van der Waals surface area contributed by atoms with Gasteiger partial charge in [-0.2, -0.15) is 0 Å². The van der Waals surface area contributed by atoms with E-state index in [9.17, 15) is 4.79 Å². The molecule has 0 saturated heterocycles. The van der Waals surface area contributed by atoms with Crippen LogP contribution < -0.4 is 0 Å². The van der Waals surface area contributed by atoms with Gasteiger partial charge in [-0.25, -0.2) is 4.98 Å². The van der Waals surface area contributed by atoms with Crippen molar-refractivity contribution in [2.75, 3.05) is 0 Å². The monoisotopic (exact) mass is 217 g/mol. The standard InChI is InChI=1S/C12H11NOS/c1-9-2-4-10(5-3-9)11(14)8-12-13-6-7-15-12/h2-7H,8H2,1H3. The summed E-state index contributed by atoms with van der Waals surface area (Å²) in [6.07, 6.45) is 2.13. The first-order valence-electron chi connectivity index (χ1n) is 4.74. The highest BCUT2D eigenvalue weighted by atomic mass is 32.1. The van der Waals surface area contributed by atoms with E-state index in [1.54, 1.807) is 6.20 Å². The van der Waals surface area contributed by atoms with Gasteiger partial charge in [-0.1, -0.05) is 29.8 Å². The maximum atomic E-state index is 11.8. The lowest BCUT2D eigenvalue weighted by molar-refractivity contribution is 0.0993. The summed E-state index contributed by atoms with van der Waals surface area (Å²) in [5, 5.41) is 2.76. The molecule has 15 heavy (non-hydrogen) atoms. The molecular weight excluding hydrogens is 206 g/mol. The van der Waals surface area contributed by atoms with Gasteiger partial charge in [0.25, 0.3) is 0 Å². The molecule has 1 aromatic carbocycles. The summed E-state index contributed by atoms with van der Waals surface area (Å²) >= 11 is 1.52. The molecular formula is C12H11NOS. The number of benzene rings is 1. The predicted molar refractivity (Wildman–Crippen MR) is 61.3 cm³/mol. The third-order valence-electron chi connectivity index (χ3n) is 2.17. The lowest BCUT2D eigenvalue weighted by atomic mass is 10.1. The van der Waals surface area contributed by atoms with Gasteiger partial charge in [-0.15, -0.1) is 11.3 Å². The number of thiazole rings is 1. The van der Waals surface area contributed by atoms with Crippen LogP contribution in [-0.2, 0) is 6.42 Å². The zero-order valence-corrected chi connectivity index (χ0v) is 9.25. The van der Waals surface area contributed by atoms with Gasteiger partial charge in [0.2, 0.25) is 0 Å². The molecule has 0 aliphatic heterocycles. The van der Waals surface area contributed by atoms with Crippen LogP contribution in [0.25, 0.3) is 0 Å². The molecule has 2 rings (SSSR count). The van der Waals surface area contributed by atoms with Crippen LogP contribution in [0.3, 0.4) is 0 Å². The van der Waals surface area contributed by atoms with Crippen molar-refractivity contribution in [1.29, 1.82) is 0 Å². The van der Waals surface area contributed by atoms with Crippen molar-refractivity contribution in [3.8, 4) is 0 Å². The highest BCUT2D eigenvalue weighted by molar-refractivity contribution is 7.09. The average molecular weight is 217 g/mol. The Hall–Kier alpha value is -1.48. The van der Waals surface area contributed by atoms with E-state index < -0.39 is 0 Å². The number of rotatable bonds is 3. The molecule has 1 aromatic heterocycles. The van der Waals surface area contributed by atoms with Crippen molar-refractivity contribution in [2.24, 2.45) is 0 Å². The van der Waals surface area contributed by atoms with Gasteiger partial charge >= 0.3 is 0 Å². The Bertz CT molecular complexity index is 445. The average Bonchev–Trinajstić information content (AvgIpc) is 2.71. The van der Waals surface area contributed by atoms with E-state index in [2.05, 4.69) is 4.98 Å². The highest BCUT2D eigenvalue weighted by Gasteiger charge is 2.07. The molecule has 0 atom stereocenters. The minimum Gasteiger partial charge on any atom is -0.294 e. The van der Waals surface area contributed by atoms with E-state index in [1.165, 1.54) is 16.9 Å². The van der Waals surface area contributed by atoms with Gasteiger partial charge in [-0.3, -0.25) is 4.79 Å². The first-order chi connectivity index (χ1) is 7.25. The Kier molecular flexibility index (Phi) is 2.92. The normalized spacial score (nSPS) is 10.2. The number of ketones is 1. The van der Waals surface area contributed by atoms with Crippen LogP contribution >= 0.6 is 11.3 Å². The fraction of sp³-hybridized carbons (Fsp3) is 0.167. The molecule has 0 aliphatic carbocycles. The number of hydrogen-bond acceptors (Lipinski definition) is 3. The summed E-state index contributed by atoms with van der Waals surface area (Å²) in [7, 11) is 0. The van der Waals surface area contributed by atoms with Crippen LogP contribution in [0.1, 0.15) is 20.9 Å². The molecule has 3 heteroatoms. The van der Waals surface area contributed by atoms with Gasteiger partial charge < -0.3 is 0 Å². The van der Waals surface area contributed by atoms with Crippen LogP contribution in [0.4, 0.5) is 0 Å². The largest absolute Gasteiger partial charge is 0.294 e. The van der Waals surface area contributed by atoms with Crippen LogP contribution in [0.5, 0.6) is 0 Å². The van der Waals surface area contributed by atoms with E-state index in [4.69, 9.17) is 0 Å². The fourth-order valence-electron chi connectivity index (χ4n) is 1.32. The van der Waals surface area contributed by atoms with E-state index in [0.717, 1.165) is 10.6 Å². The molecule has 2 aromatic rings. The van der Waals surface area contributed by atoms with Crippen LogP contribution in [0.2, 0.25) is 0 Å². The van der Waals surface area contributed by atoms with Gasteiger partial charge in [-0.05, 0) is 6.92 Å². The zero-order chi connectivity index (χ0) is 10.7. The molecule has 0 radical (unpaired) electrons. The summed E-state index contributed by atoms with van der Waals surface area (Å²) in [5.41, 5.74) is 1.93. The maximum absolute atomic E-state index is 11.8. The molecule has 0 aliphatic rings. The minimum atomic E-state index is 0.130. The van der Waals surface area contributed by atoms with E-state index >= 15 is 0 Å². The number of Topliss-reactive ketones (excluding diaryl/α,β-unsaturated/α-hetero) is 1. The molecule has 0 bridgehead atoms. The van der Waals surface area contributed by atoms with Gasteiger partial charge in [0.1, 0.15) is 5.01 Å². The second kappa shape index (κ2) is 4.36. The Morgan fingerprint density at radius 3 is 2.67 bits per heavy atom. The van der Waals surface area contributed by atoms with Crippen molar-refractivity contribution < 1.29 is 4.79 Å². The fourth-order valence-corrected chi connectivity index (χ4v) is 1.93. The van der Waals surface area contributed by atoms with Gasteiger partial charge in [0.05, 0.1) is 6.42 Å². The third-order valence-corrected chi connectivity index (χ3v) is 2.95. The Labute approximate surface area is 92.6 Å².